The van der Waals surface area contributed by atoms with Crippen LogP contribution in [-0.4, -0.2) is 13.1 Å². The Kier molecular flexibility index (Phi) is 9.36. The summed E-state index contributed by atoms with van der Waals surface area (Å²) in [4.78, 5) is 11.4. The maximum atomic E-state index is 11.4. The van der Waals surface area contributed by atoms with Gasteiger partial charge in [0.2, 0.25) is 0 Å². The van der Waals surface area contributed by atoms with E-state index in [2.05, 4.69) is 13.8 Å². The van der Waals surface area contributed by atoms with E-state index in [0.717, 1.165) is 12.8 Å². The van der Waals surface area contributed by atoms with Gasteiger partial charge < -0.3 is 4.74 Å². The molecule has 0 amide bonds. The molecule has 0 spiro atoms. The molecule has 0 saturated heterocycles. The van der Waals surface area contributed by atoms with Gasteiger partial charge in [0, 0.05) is 0 Å². The third-order valence-electron chi connectivity index (χ3n) is 3.48. The average Bonchev–Trinajstić information content (AvgIpc) is 2.32. The predicted molar refractivity (Wildman–Crippen MR) is 68.3 cm³/mol. The molecule has 2 nitrogen and oxygen atoms in total. The topological polar surface area (TPSA) is 26.3 Å². The summed E-state index contributed by atoms with van der Waals surface area (Å²) in [5.41, 5.74) is 0. The minimum atomic E-state index is -0.0552. The van der Waals surface area contributed by atoms with Crippen LogP contribution in [0.15, 0.2) is 0 Å². The highest BCUT2D eigenvalue weighted by Crippen LogP contribution is 2.23. The van der Waals surface area contributed by atoms with Crippen molar-refractivity contribution in [2.75, 3.05) is 7.11 Å². The number of ether oxygens (including phenoxy) is 1. The Bertz CT molecular complexity index is 178. The maximum Gasteiger partial charge on any atom is 0.308 e. The van der Waals surface area contributed by atoms with E-state index >= 15 is 0 Å². The molecule has 0 aliphatic heterocycles. The lowest BCUT2D eigenvalue weighted by Gasteiger charge is -2.20. The maximum absolute atomic E-state index is 11.4. The van der Waals surface area contributed by atoms with E-state index in [1.807, 2.05) is 6.92 Å². The van der Waals surface area contributed by atoms with E-state index in [0.29, 0.717) is 5.92 Å². The molecule has 0 radical (unpaired) electrons. The lowest BCUT2D eigenvalue weighted by atomic mass is 9.87. The number of methoxy groups -OCH3 is 1. The second kappa shape index (κ2) is 9.68. The van der Waals surface area contributed by atoms with Crippen molar-refractivity contribution in [3.63, 3.8) is 0 Å². The lowest BCUT2D eigenvalue weighted by molar-refractivity contribution is -0.146. The molecule has 2 atom stereocenters. The zero-order valence-electron chi connectivity index (χ0n) is 11.4. The van der Waals surface area contributed by atoms with Gasteiger partial charge in [-0.15, -0.1) is 0 Å². The van der Waals surface area contributed by atoms with Gasteiger partial charge in [0.05, 0.1) is 13.0 Å². The Balaban J connectivity index is 3.78. The number of hydrogen-bond donors (Lipinski definition) is 0. The summed E-state index contributed by atoms with van der Waals surface area (Å²) in [5.74, 6) is 0.496. The Morgan fingerprint density at radius 1 is 1.12 bits per heavy atom. The third kappa shape index (κ3) is 6.14. The molecule has 0 aromatic rings. The van der Waals surface area contributed by atoms with Gasteiger partial charge in [-0.1, -0.05) is 59.3 Å². The van der Waals surface area contributed by atoms with Crippen molar-refractivity contribution in [2.45, 2.75) is 65.7 Å². The standard InChI is InChI=1S/C14H28O2/c1-5-7-8-9-10-11-13(6-2)12(3)14(15)16-4/h12-13H,5-11H2,1-4H3. The van der Waals surface area contributed by atoms with E-state index in [9.17, 15) is 4.79 Å². The Labute approximate surface area is 101 Å². The van der Waals surface area contributed by atoms with Gasteiger partial charge in [0.15, 0.2) is 0 Å². The van der Waals surface area contributed by atoms with Gasteiger partial charge in [0.1, 0.15) is 0 Å². The summed E-state index contributed by atoms with van der Waals surface area (Å²) >= 11 is 0. The molecule has 0 aliphatic carbocycles. The quantitative estimate of drug-likeness (QED) is 0.437. The normalized spacial score (nSPS) is 14.5. The van der Waals surface area contributed by atoms with Crippen LogP contribution in [0.3, 0.4) is 0 Å². The van der Waals surface area contributed by atoms with E-state index in [1.54, 1.807) is 0 Å². The summed E-state index contributed by atoms with van der Waals surface area (Å²) in [6, 6.07) is 0. The third-order valence-corrected chi connectivity index (χ3v) is 3.48. The number of esters is 1. The molecule has 0 bridgehead atoms. The van der Waals surface area contributed by atoms with Gasteiger partial charge in [-0.25, -0.2) is 0 Å². The van der Waals surface area contributed by atoms with Gasteiger partial charge >= 0.3 is 5.97 Å². The number of carbonyl (C=O) groups excluding carboxylic acids is 1. The zero-order chi connectivity index (χ0) is 12.4. The van der Waals surface area contributed by atoms with Crippen molar-refractivity contribution < 1.29 is 9.53 Å². The highest BCUT2D eigenvalue weighted by molar-refractivity contribution is 5.72. The molecular weight excluding hydrogens is 200 g/mol. The monoisotopic (exact) mass is 228 g/mol. The summed E-state index contributed by atoms with van der Waals surface area (Å²) < 4.78 is 4.80. The largest absolute Gasteiger partial charge is 0.469 e. The summed E-state index contributed by atoms with van der Waals surface area (Å²) in [6.45, 7) is 6.39. The van der Waals surface area contributed by atoms with E-state index in [1.165, 1.54) is 39.2 Å². The van der Waals surface area contributed by atoms with Crippen LogP contribution in [0.2, 0.25) is 0 Å². The van der Waals surface area contributed by atoms with Crippen LogP contribution in [0.5, 0.6) is 0 Å². The molecule has 16 heavy (non-hydrogen) atoms. The fourth-order valence-electron chi connectivity index (χ4n) is 2.20. The molecule has 0 rings (SSSR count). The fraction of sp³-hybridized carbons (Fsp3) is 0.929. The molecule has 0 fully saturated rings. The highest BCUT2D eigenvalue weighted by Gasteiger charge is 2.22. The van der Waals surface area contributed by atoms with Gasteiger partial charge in [-0.3, -0.25) is 4.79 Å². The number of rotatable bonds is 9. The first kappa shape index (κ1) is 15.5. The fourth-order valence-corrected chi connectivity index (χ4v) is 2.20. The Morgan fingerprint density at radius 2 is 1.75 bits per heavy atom. The zero-order valence-corrected chi connectivity index (χ0v) is 11.4. The van der Waals surface area contributed by atoms with E-state index in [4.69, 9.17) is 4.74 Å². The van der Waals surface area contributed by atoms with Crippen LogP contribution in [0.25, 0.3) is 0 Å². The van der Waals surface area contributed by atoms with Gasteiger partial charge in [0.25, 0.3) is 0 Å². The molecule has 2 heteroatoms. The Morgan fingerprint density at radius 3 is 2.25 bits per heavy atom. The summed E-state index contributed by atoms with van der Waals surface area (Å²) in [5, 5.41) is 0. The van der Waals surface area contributed by atoms with E-state index < -0.39 is 0 Å². The second-order valence-corrected chi connectivity index (χ2v) is 4.68. The molecule has 0 saturated carbocycles. The number of hydrogen-bond acceptors (Lipinski definition) is 2. The number of carbonyl (C=O) groups is 1. The molecule has 0 aliphatic rings. The van der Waals surface area contributed by atoms with Crippen LogP contribution in [0, 0.1) is 11.8 Å². The minimum absolute atomic E-state index is 0.0552. The first-order valence-electron chi connectivity index (χ1n) is 6.75. The SMILES string of the molecule is CCCCCCCC(CC)C(C)C(=O)OC. The van der Waals surface area contributed by atoms with Crippen molar-refractivity contribution >= 4 is 5.97 Å². The molecule has 96 valence electrons. The van der Waals surface area contributed by atoms with Crippen LogP contribution in [0.4, 0.5) is 0 Å². The predicted octanol–water partition coefficient (Wildman–Crippen LogP) is 4.18. The van der Waals surface area contributed by atoms with Crippen molar-refractivity contribution in [1.29, 1.82) is 0 Å². The molecule has 0 heterocycles. The second-order valence-electron chi connectivity index (χ2n) is 4.68. The molecule has 0 aromatic heterocycles. The van der Waals surface area contributed by atoms with Gasteiger partial charge in [-0.2, -0.15) is 0 Å². The highest BCUT2D eigenvalue weighted by atomic mass is 16.5. The van der Waals surface area contributed by atoms with Crippen LogP contribution in [0.1, 0.15) is 65.7 Å². The van der Waals surface area contributed by atoms with Crippen LogP contribution >= 0.6 is 0 Å². The molecular formula is C14H28O2. The summed E-state index contributed by atoms with van der Waals surface area (Å²) in [7, 11) is 1.48. The molecule has 2 unspecified atom stereocenters. The smallest absolute Gasteiger partial charge is 0.308 e. The lowest BCUT2D eigenvalue weighted by Crippen LogP contribution is -2.21. The van der Waals surface area contributed by atoms with Crippen molar-refractivity contribution in [1.82, 2.24) is 0 Å². The molecule has 0 N–H and O–H groups in total. The van der Waals surface area contributed by atoms with E-state index in [-0.39, 0.29) is 11.9 Å². The first-order valence-corrected chi connectivity index (χ1v) is 6.75. The average molecular weight is 228 g/mol. The van der Waals surface area contributed by atoms with Crippen LogP contribution in [-0.2, 0) is 9.53 Å². The first-order chi connectivity index (χ1) is 7.67. The number of unbranched alkanes of at least 4 members (excludes halogenated alkanes) is 4. The van der Waals surface area contributed by atoms with Gasteiger partial charge in [-0.05, 0) is 12.3 Å². The Hall–Kier alpha value is -0.530. The van der Waals surface area contributed by atoms with Crippen molar-refractivity contribution in [3.05, 3.63) is 0 Å². The minimum Gasteiger partial charge on any atom is -0.469 e. The van der Waals surface area contributed by atoms with Crippen molar-refractivity contribution in [2.24, 2.45) is 11.8 Å². The molecule has 0 aromatic carbocycles. The van der Waals surface area contributed by atoms with Crippen LogP contribution < -0.4 is 0 Å². The summed E-state index contributed by atoms with van der Waals surface area (Å²) in [6.07, 6.45) is 8.75. The van der Waals surface area contributed by atoms with Crippen molar-refractivity contribution in [3.8, 4) is 0 Å².